The molecule has 0 fully saturated rings. The first-order chi connectivity index (χ1) is 16.9. The highest BCUT2D eigenvalue weighted by Crippen LogP contribution is 2.36. The Kier molecular flexibility index (Phi) is 5.88. The van der Waals surface area contributed by atoms with E-state index in [9.17, 15) is 14.0 Å². The van der Waals surface area contributed by atoms with Gasteiger partial charge in [-0.3, -0.25) is 14.3 Å². The lowest BCUT2D eigenvalue weighted by atomic mass is 9.99. The highest BCUT2D eigenvalue weighted by molar-refractivity contribution is 5.98. The molecule has 1 aliphatic carbocycles. The van der Waals surface area contributed by atoms with Gasteiger partial charge in [-0.05, 0) is 67.6 Å². The molecule has 7 nitrogen and oxygen atoms in total. The van der Waals surface area contributed by atoms with Crippen molar-refractivity contribution in [3.05, 3.63) is 92.3 Å². The number of halogens is 1. The molecule has 8 heteroatoms. The van der Waals surface area contributed by atoms with Crippen molar-refractivity contribution in [2.24, 2.45) is 7.05 Å². The highest BCUT2D eigenvalue weighted by atomic mass is 19.1. The van der Waals surface area contributed by atoms with Crippen molar-refractivity contribution < 1.29 is 18.4 Å². The fourth-order valence-corrected chi connectivity index (χ4v) is 4.76. The monoisotopic (exact) mass is 475 g/mol. The summed E-state index contributed by atoms with van der Waals surface area (Å²) in [6.45, 7) is 2.10. The summed E-state index contributed by atoms with van der Waals surface area (Å²) >= 11 is 0. The first-order valence-electron chi connectivity index (χ1n) is 11.6. The van der Waals surface area contributed by atoms with E-state index in [4.69, 9.17) is 9.26 Å². The topological polar surface area (TPSA) is 79.3 Å². The number of Topliss-reactive ketones (excluding diaryl/α,β-unsaturated/α-hetero) is 1. The molecule has 0 aliphatic heterocycles. The molecule has 4 aromatic rings. The lowest BCUT2D eigenvalue weighted by Crippen LogP contribution is -2.24. The third-order valence-electron chi connectivity index (χ3n) is 6.84. The number of fused-ring (bicyclic) bond motifs is 3. The van der Waals surface area contributed by atoms with E-state index in [0.717, 1.165) is 40.8 Å². The first-order valence-corrected chi connectivity index (χ1v) is 11.6. The fraction of sp³-hybridized carbons (Fsp3) is 0.296. The lowest BCUT2D eigenvalue weighted by molar-refractivity contribution is 0.0983. The molecule has 0 amide bonds. The molecule has 2 aromatic heterocycles. The lowest BCUT2D eigenvalue weighted by Gasteiger charge is -2.08. The number of hydrogen-bond acceptors (Lipinski definition) is 5. The molecule has 5 rings (SSSR count). The number of aryl methyl sites for hydroxylation is 1. The van der Waals surface area contributed by atoms with Crippen LogP contribution in [0.2, 0.25) is 0 Å². The second kappa shape index (κ2) is 9.02. The van der Waals surface area contributed by atoms with Gasteiger partial charge in [0.15, 0.2) is 17.2 Å². The Labute approximate surface area is 201 Å². The average Bonchev–Trinajstić information content (AvgIpc) is 3.29. The van der Waals surface area contributed by atoms with Crippen LogP contribution >= 0.6 is 0 Å². The summed E-state index contributed by atoms with van der Waals surface area (Å²) in [6.07, 6.45) is 2.29. The van der Waals surface area contributed by atoms with Gasteiger partial charge in [-0.25, -0.2) is 9.07 Å². The van der Waals surface area contributed by atoms with Crippen LogP contribution in [0, 0.1) is 12.7 Å². The molecular weight excluding hydrogens is 449 g/mol. The third kappa shape index (κ3) is 4.09. The predicted molar refractivity (Wildman–Crippen MR) is 128 cm³/mol. The Morgan fingerprint density at radius 1 is 1.17 bits per heavy atom. The maximum Gasteiger partial charge on any atom is 0.270 e. The van der Waals surface area contributed by atoms with Crippen molar-refractivity contribution in [1.82, 2.24) is 14.5 Å². The quantitative estimate of drug-likeness (QED) is 0.390. The van der Waals surface area contributed by atoms with Gasteiger partial charge in [-0.2, -0.15) is 0 Å². The number of rotatable bonds is 6. The summed E-state index contributed by atoms with van der Waals surface area (Å²) in [5.41, 5.74) is 4.78. The van der Waals surface area contributed by atoms with E-state index in [1.165, 1.54) is 12.1 Å². The van der Waals surface area contributed by atoms with Crippen LogP contribution in [0.15, 0.2) is 51.8 Å². The summed E-state index contributed by atoms with van der Waals surface area (Å²) in [7, 11) is 3.41. The zero-order valence-electron chi connectivity index (χ0n) is 19.9. The van der Waals surface area contributed by atoms with Gasteiger partial charge < -0.3 is 9.26 Å². The van der Waals surface area contributed by atoms with E-state index in [1.807, 2.05) is 25.1 Å². The van der Waals surface area contributed by atoms with E-state index in [1.54, 1.807) is 35.7 Å². The minimum Gasteiger partial charge on any atom is -0.497 e. The average molecular weight is 476 g/mol. The summed E-state index contributed by atoms with van der Waals surface area (Å²) in [6, 6.07) is 11.8. The van der Waals surface area contributed by atoms with Crippen molar-refractivity contribution in [3.63, 3.8) is 0 Å². The predicted octanol–water partition coefficient (Wildman–Crippen LogP) is 4.26. The van der Waals surface area contributed by atoms with Crippen LogP contribution in [-0.2, 0) is 32.9 Å². The highest BCUT2D eigenvalue weighted by Gasteiger charge is 2.28. The molecule has 0 unspecified atom stereocenters. The summed E-state index contributed by atoms with van der Waals surface area (Å²) < 4.78 is 27.6. The maximum atomic E-state index is 13.4. The van der Waals surface area contributed by atoms with Crippen molar-refractivity contribution in [1.29, 1.82) is 0 Å². The van der Waals surface area contributed by atoms with Gasteiger partial charge in [-0.1, -0.05) is 17.3 Å². The van der Waals surface area contributed by atoms with Crippen LogP contribution in [-0.4, -0.2) is 27.4 Å². The zero-order valence-corrected chi connectivity index (χ0v) is 19.9. The van der Waals surface area contributed by atoms with Crippen molar-refractivity contribution >= 4 is 5.78 Å². The Morgan fingerprint density at radius 2 is 1.94 bits per heavy atom. The summed E-state index contributed by atoms with van der Waals surface area (Å²) in [5, 5.41) is 4.13. The van der Waals surface area contributed by atoms with Gasteiger partial charge >= 0.3 is 0 Å². The minimum absolute atomic E-state index is 0.0661. The fourth-order valence-electron chi connectivity index (χ4n) is 4.76. The van der Waals surface area contributed by atoms with E-state index in [2.05, 4.69) is 5.16 Å². The number of ether oxygens (including phenoxy) is 1. The van der Waals surface area contributed by atoms with Crippen LogP contribution < -0.4 is 10.3 Å². The number of aromatic nitrogens is 3. The normalized spacial score (nSPS) is 12.7. The molecule has 0 radical (unpaired) electrons. The molecule has 35 heavy (non-hydrogen) atoms. The standard InChI is InChI=1S/C27H26FN3O4/c1-16-23(27(33)31(30(16)2)15-17-7-9-19(28)10-8-17)14-24(32)25-22-6-4-5-18-13-20(34-3)11-12-21(18)26(22)35-29-25/h7-13H,4-6,14-15H2,1-3H3. The van der Waals surface area contributed by atoms with E-state index >= 15 is 0 Å². The Morgan fingerprint density at radius 3 is 2.69 bits per heavy atom. The summed E-state index contributed by atoms with van der Waals surface area (Å²) in [5.74, 6) is 0.817. The smallest absolute Gasteiger partial charge is 0.270 e. The van der Waals surface area contributed by atoms with Crippen LogP contribution in [0.1, 0.15) is 44.9 Å². The number of ketones is 1. The van der Waals surface area contributed by atoms with Crippen LogP contribution in [0.25, 0.3) is 11.3 Å². The Hall–Kier alpha value is -3.94. The Balaban J connectivity index is 1.45. The number of carbonyl (C=O) groups is 1. The molecule has 0 spiro atoms. The SMILES string of the molecule is COc1ccc2c(c1)CCCc1c(C(=O)Cc3c(C)n(C)n(Cc4ccc(F)cc4)c3=O)noc1-2. The molecular formula is C27H26FN3O4. The number of benzene rings is 2. The van der Waals surface area contributed by atoms with E-state index < -0.39 is 0 Å². The number of methoxy groups -OCH3 is 1. The van der Waals surface area contributed by atoms with Gasteiger partial charge in [0.25, 0.3) is 5.56 Å². The van der Waals surface area contributed by atoms with Crippen molar-refractivity contribution in [2.75, 3.05) is 7.11 Å². The minimum atomic E-state index is -0.330. The molecule has 0 N–H and O–H groups in total. The van der Waals surface area contributed by atoms with Gasteiger partial charge in [0, 0.05) is 35.9 Å². The second-order valence-electron chi connectivity index (χ2n) is 8.89. The molecule has 1 aliphatic rings. The van der Waals surface area contributed by atoms with E-state index in [0.29, 0.717) is 23.4 Å². The number of hydrogen-bond donors (Lipinski definition) is 0. The molecule has 2 aromatic carbocycles. The largest absolute Gasteiger partial charge is 0.497 e. The van der Waals surface area contributed by atoms with Gasteiger partial charge in [0.05, 0.1) is 13.7 Å². The molecule has 0 atom stereocenters. The summed E-state index contributed by atoms with van der Waals surface area (Å²) in [4.78, 5) is 26.6. The van der Waals surface area contributed by atoms with E-state index in [-0.39, 0.29) is 35.8 Å². The Bertz CT molecular complexity index is 1480. The number of carbonyl (C=O) groups excluding carboxylic acids is 1. The molecule has 180 valence electrons. The zero-order chi connectivity index (χ0) is 24.7. The second-order valence-corrected chi connectivity index (χ2v) is 8.89. The van der Waals surface area contributed by atoms with Crippen molar-refractivity contribution in [3.8, 4) is 17.1 Å². The molecule has 2 heterocycles. The van der Waals surface area contributed by atoms with Gasteiger partial charge in [-0.15, -0.1) is 0 Å². The van der Waals surface area contributed by atoms with Gasteiger partial charge in [0.2, 0.25) is 0 Å². The molecule has 0 saturated heterocycles. The van der Waals surface area contributed by atoms with Crippen LogP contribution in [0.5, 0.6) is 5.75 Å². The van der Waals surface area contributed by atoms with Crippen LogP contribution in [0.3, 0.4) is 0 Å². The van der Waals surface area contributed by atoms with Gasteiger partial charge in [0.1, 0.15) is 11.6 Å². The third-order valence-corrected chi connectivity index (χ3v) is 6.84. The first kappa shape index (κ1) is 22.8. The molecule has 0 bridgehead atoms. The van der Waals surface area contributed by atoms with Crippen molar-refractivity contribution in [2.45, 2.75) is 39.2 Å². The molecule has 0 saturated carbocycles. The van der Waals surface area contributed by atoms with Crippen LogP contribution in [0.4, 0.5) is 4.39 Å². The number of nitrogens with zero attached hydrogens (tertiary/aromatic N) is 3. The maximum absolute atomic E-state index is 13.4.